The Labute approximate surface area is 160 Å². The van der Waals surface area contributed by atoms with Crippen molar-refractivity contribution in [3.05, 3.63) is 46.8 Å². The Kier molecular flexibility index (Phi) is 6.15. The number of rotatable bonds is 6. The predicted octanol–water partition coefficient (Wildman–Crippen LogP) is 5.59. The first-order chi connectivity index (χ1) is 12.9. The molecule has 1 aromatic heterocycles. The molecule has 1 aromatic carbocycles. The average molecular weight is 398 g/mol. The van der Waals surface area contributed by atoms with Crippen molar-refractivity contribution in [3.8, 4) is 0 Å². The summed E-state index contributed by atoms with van der Waals surface area (Å²) in [6.45, 7) is 0.648. The van der Waals surface area contributed by atoms with Crippen molar-refractivity contribution in [3.63, 3.8) is 0 Å². The van der Waals surface area contributed by atoms with E-state index in [0.29, 0.717) is 6.54 Å². The summed E-state index contributed by atoms with van der Waals surface area (Å²) < 4.78 is 38.5. The lowest BCUT2D eigenvalue weighted by Crippen LogP contribution is -2.10. The molecule has 0 aliphatic heterocycles. The van der Waals surface area contributed by atoms with Crippen LogP contribution in [-0.2, 0) is 6.18 Å². The Morgan fingerprint density at radius 3 is 2.63 bits per heavy atom. The van der Waals surface area contributed by atoms with Crippen LogP contribution in [0.3, 0.4) is 0 Å². The molecule has 0 unspecified atom stereocenters. The number of anilines is 3. The van der Waals surface area contributed by atoms with Crippen LogP contribution in [-0.4, -0.2) is 21.5 Å². The maximum atomic E-state index is 12.8. The van der Waals surface area contributed by atoms with Crippen molar-refractivity contribution in [2.45, 2.75) is 38.3 Å². The molecule has 27 heavy (non-hydrogen) atoms. The molecule has 0 atom stereocenters. The summed E-state index contributed by atoms with van der Waals surface area (Å²) in [7, 11) is 0. The van der Waals surface area contributed by atoms with E-state index in [2.05, 4.69) is 31.7 Å². The molecule has 1 heterocycles. The van der Waals surface area contributed by atoms with Crippen molar-refractivity contribution >= 4 is 29.2 Å². The van der Waals surface area contributed by atoms with Gasteiger partial charge in [-0.1, -0.05) is 17.7 Å². The maximum Gasteiger partial charge on any atom is 0.416 e. The van der Waals surface area contributed by atoms with Gasteiger partial charge in [-0.15, -0.1) is 0 Å². The first kappa shape index (κ1) is 19.4. The fourth-order valence-corrected chi connectivity index (χ4v) is 3.01. The van der Waals surface area contributed by atoms with E-state index >= 15 is 0 Å². The third kappa shape index (κ3) is 5.82. The third-order valence-corrected chi connectivity index (χ3v) is 4.34. The first-order valence-electron chi connectivity index (χ1n) is 8.68. The van der Waals surface area contributed by atoms with Crippen LogP contribution in [0.2, 0.25) is 5.28 Å². The van der Waals surface area contributed by atoms with Gasteiger partial charge in [0.1, 0.15) is 0 Å². The predicted molar refractivity (Wildman–Crippen MR) is 99.2 cm³/mol. The Hall–Kier alpha value is -2.35. The van der Waals surface area contributed by atoms with E-state index in [1.165, 1.54) is 30.5 Å². The van der Waals surface area contributed by atoms with Gasteiger partial charge in [0.15, 0.2) is 0 Å². The second kappa shape index (κ2) is 8.56. The molecule has 2 aromatic rings. The van der Waals surface area contributed by atoms with E-state index in [0.717, 1.165) is 31.4 Å². The van der Waals surface area contributed by atoms with Crippen LogP contribution < -0.4 is 10.6 Å². The lowest BCUT2D eigenvalue weighted by atomic mass is 9.97. The van der Waals surface area contributed by atoms with Crippen LogP contribution in [0.5, 0.6) is 0 Å². The molecule has 0 amide bonds. The molecule has 0 saturated heterocycles. The van der Waals surface area contributed by atoms with Gasteiger partial charge in [-0.05, 0) is 61.9 Å². The highest BCUT2D eigenvalue weighted by atomic mass is 35.5. The molecule has 0 fully saturated rings. The Bertz CT molecular complexity index is 823. The molecular weight excluding hydrogens is 379 g/mol. The summed E-state index contributed by atoms with van der Waals surface area (Å²) in [5.41, 5.74) is 0.869. The maximum absolute atomic E-state index is 12.8. The van der Waals surface area contributed by atoms with Gasteiger partial charge >= 0.3 is 6.18 Å². The number of aromatic nitrogens is 3. The molecule has 0 spiro atoms. The van der Waals surface area contributed by atoms with Crippen molar-refractivity contribution in [2.24, 2.45) is 0 Å². The minimum Gasteiger partial charge on any atom is -0.354 e. The standard InChI is InChI=1S/C18H19ClF3N5/c19-15-25-16(23-10-9-12-5-2-1-3-6-12)27-17(26-15)24-14-8-4-7-13(11-14)18(20,21)22/h4-5,7-8,11H,1-3,6,9-10H2,(H2,23,24,25,26,27). The van der Waals surface area contributed by atoms with E-state index in [1.54, 1.807) is 0 Å². The lowest BCUT2D eigenvalue weighted by Gasteiger charge is -2.13. The molecule has 3 rings (SSSR count). The molecule has 5 nitrogen and oxygen atoms in total. The van der Waals surface area contributed by atoms with Gasteiger partial charge in [-0.25, -0.2) is 0 Å². The zero-order valence-electron chi connectivity index (χ0n) is 14.5. The van der Waals surface area contributed by atoms with Crippen LogP contribution in [0.1, 0.15) is 37.7 Å². The smallest absolute Gasteiger partial charge is 0.354 e. The molecule has 1 aliphatic rings. The minimum absolute atomic E-state index is 0.0427. The number of benzene rings is 1. The van der Waals surface area contributed by atoms with Gasteiger partial charge < -0.3 is 10.6 Å². The zero-order chi connectivity index (χ0) is 19.3. The fraction of sp³-hybridized carbons (Fsp3) is 0.389. The van der Waals surface area contributed by atoms with E-state index in [9.17, 15) is 13.2 Å². The second-order valence-corrected chi connectivity index (χ2v) is 6.58. The zero-order valence-corrected chi connectivity index (χ0v) is 15.2. The van der Waals surface area contributed by atoms with Crippen molar-refractivity contribution in [2.75, 3.05) is 17.2 Å². The summed E-state index contributed by atoms with van der Waals surface area (Å²) >= 11 is 5.91. The van der Waals surface area contributed by atoms with Gasteiger partial charge in [0.05, 0.1) is 5.56 Å². The quantitative estimate of drug-likeness (QED) is 0.622. The normalized spacial score (nSPS) is 14.6. The van der Waals surface area contributed by atoms with Gasteiger partial charge in [0.25, 0.3) is 0 Å². The number of halogens is 4. The summed E-state index contributed by atoms with van der Waals surface area (Å²) in [5, 5.41) is 5.78. The van der Waals surface area contributed by atoms with E-state index in [1.807, 2.05) is 0 Å². The molecule has 0 bridgehead atoms. The fourth-order valence-electron chi connectivity index (χ4n) is 2.85. The van der Waals surface area contributed by atoms with Crippen molar-refractivity contribution < 1.29 is 13.2 Å². The Morgan fingerprint density at radius 2 is 1.89 bits per heavy atom. The van der Waals surface area contributed by atoms with Gasteiger partial charge in [0, 0.05) is 12.2 Å². The van der Waals surface area contributed by atoms with Gasteiger partial charge in [0.2, 0.25) is 17.2 Å². The number of allylic oxidation sites excluding steroid dienone is 1. The number of nitrogens with zero attached hydrogens (tertiary/aromatic N) is 3. The van der Waals surface area contributed by atoms with E-state index in [-0.39, 0.29) is 22.9 Å². The Balaban J connectivity index is 1.65. The number of alkyl halides is 3. The summed E-state index contributed by atoms with van der Waals surface area (Å²) in [5.74, 6) is 0.356. The summed E-state index contributed by atoms with van der Waals surface area (Å²) in [4.78, 5) is 12.1. The molecule has 0 radical (unpaired) electrons. The second-order valence-electron chi connectivity index (χ2n) is 6.24. The van der Waals surface area contributed by atoms with Crippen LogP contribution in [0.15, 0.2) is 35.9 Å². The summed E-state index contributed by atoms with van der Waals surface area (Å²) in [6, 6.07) is 4.79. The van der Waals surface area contributed by atoms with Crippen LogP contribution in [0.4, 0.5) is 30.8 Å². The molecule has 9 heteroatoms. The third-order valence-electron chi connectivity index (χ3n) is 4.17. The number of nitrogens with one attached hydrogen (secondary N) is 2. The molecule has 0 saturated carbocycles. The SMILES string of the molecule is FC(F)(F)c1cccc(Nc2nc(Cl)nc(NCCC3=CCCCC3)n2)c1. The lowest BCUT2D eigenvalue weighted by molar-refractivity contribution is -0.137. The van der Waals surface area contributed by atoms with Crippen LogP contribution >= 0.6 is 11.6 Å². The highest BCUT2D eigenvalue weighted by Crippen LogP contribution is 2.31. The van der Waals surface area contributed by atoms with Gasteiger partial charge in [-0.2, -0.15) is 28.1 Å². The topological polar surface area (TPSA) is 62.7 Å². The monoisotopic (exact) mass is 397 g/mol. The summed E-state index contributed by atoms with van der Waals surface area (Å²) in [6.07, 6.45) is 3.43. The molecular formula is C18H19ClF3N5. The highest BCUT2D eigenvalue weighted by molar-refractivity contribution is 6.28. The van der Waals surface area contributed by atoms with E-state index in [4.69, 9.17) is 11.6 Å². The van der Waals surface area contributed by atoms with Crippen molar-refractivity contribution in [1.82, 2.24) is 15.0 Å². The van der Waals surface area contributed by atoms with E-state index < -0.39 is 11.7 Å². The Morgan fingerprint density at radius 1 is 1.07 bits per heavy atom. The molecule has 1 aliphatic carbocycles. The first-order valence-corrected chi connectivity index (χ1v) is 9.05. The average Bonchev–Trinajstić information content (AvgIpc) is 2.62. The number of hydrogen-bond donors (Lipinski definition) is 2. The molecule has 2 N–H and O–H groups in total. The van der Waals surface area contributed by atoms with Gasteiger partial charge in [-0.3, -0.25) is 0 Å². The number of hydrogen-bond acceptors (Lipinski definition) is 5. The highest BCUT2D eigenvalue weighted by Gasteiger charge is 2.30. The minimum atomic E-state index is -4.42. The van der Waals surface area contributed by atoms with Crippen molar-refractivity contribution in [1.29, 1.82) is 0 Å². The molecule has 144 valence electrons. The van der Waals surface area contributed by atoms with Crippen LogP contribution in [0.25, 0.3) is 0 Å². The van der Waals surface area contributed by atoms with Crippen LogP contribution in [0, 0.1) is 0 Å². The largest absolute Gasteiger partial charge is 0.416 e.